The fourth-order valence-electron chi connectivity index (χ4n) is 1.88. The summed E-state index contributed by atoms with van der Waals surface area (Å²) >= 11 is 7.30. The summed E-state index contributed by atoms with van der Waals surface area (Å²) in [6.07, 6.45) is 2.88. The van der Waals surface area contributed by atoms with Crippen LogP contribution < -0.4 is 0 Å². The van der Waals surface area contributed by atoms with Gasteiger partial charge in [0.1, 0.15) is 0 Å². The Balaban J connectivity index is 3.46. The van der Waals surface area contributed by atoms with E-state index >= 15 is 0 Å². The lowest BCUT2D eigenvalue weighted by Gasteiger charge is -2.17. The Morgan fingerprint density at radius 2 is 2.06 bits per heavy atom. The SMILES string of the molecule is CCc1c(C(=O)Cl)ccc(C(C)C)c1SC. The smallest absolute Gasteiger partial charge is 0.252 e. The van der Waals surface area contributed by atoms with E-state index in [1.54, 1.807) is 11.8 Å². The van der Waals surface area contributed by atoms with Gasteiger partial charge in [-0.3, -0.25) is 4.79 Å². The molecule has 0 N–H and O–H groups in total. The summed E-state index contributed by atoms with van der Waals surface area (Å²) in [6, 6.07) is 3.87. The lowest BCUT2D eigenvalue weighted by Crippen LogP contribution is -2.03. The molecule has 0 bridgehead atoms. The van der Waals surface area contributed by atoms with Gasteiger partial charge in [-0.15, -0.1) is 11.8 Å². The van der Waals surface area contributed by atoms with Crippen molar-refractivity contribution in [1.29, 1.82) is 0 Å². The summed E-state index contributed by atoms with van der Waals surface area (Å²) in [7, 11) is 0. The van der Waals surface area contributed by atoms with E-state index in [0.29, 0.717) is 11.5 Å². The van der Waals surface area contributed by atoms with Gasteiger partial charge in [0.15, 0.2) is 0 Å². The van der Waals surface area contributed by atoms with Crippen molar-refractivity contribution in [3.63, 3.8) is 0 Å². The third-order valence-electron chi connectivity index (χ3n) is 2.68. The van der Waals surface area contributed by atoms with Crippen LogP contribution in [0.5, 0.6) is 0 Å². The molecule has 16 heavy (non-hydrogen) atoms. The van der Waals surface area contributed by atoms with Gasteiger partial charge in [-0.25, -0.2) is 0 Å². The zero-order chi connectivity index (χ0) is 12.3. The number of halogens is 1. The molecule has 0 unspecified atom stereocenters. The van der Waals surface area contributed by atoms with Gasteiger partial charge in [0.2, 0.25) is 0 Å². The van der Waals surface area contributed by atoms with Gasteiger partial charge in [0.25, 0.3) is 5.24 Å². The van der Waals surface area contributed by atoms with Crippen LogP contribution in [0.25, 0.3) is 0 Å². The van der Waals surface area contributed by atoms with Gasteiger partial charge in [0, 0.05) is 10.5 Å². The largest absolute Gasteiger partial charge is 0.276 e. The fourth-order valence-corrected chi connectivity index (χ4v) is 3.09. The number of rotatable bonds is 4. The molecule has 0 aliphatic rings. The van der Waals surface area contributed by atoms with Crippen LogP contribution in [0.1, 0.15) is 48.2 Å². The van der Waals surface area contributed by atoms with E-state index in [-0.39, 0.29) is 5.24 Å². The zero-order valence-corrected chi connectivity index (χ0v) is 11.7. The summed E-state index contributed by atoms with van der Waals surface area (Å²) in [5.41, 5.74) is 3.03. The maximum Gasteiger partial charge on any atom is 0.252 e. The molecular weight excluding hydrogens is 240 g/mol. The molecule has 0 fully saturated rings. The van der Waals surface area contributed by atoms with E-state index in [4.69, 9.17) is 11.6 Å². The summed E-state index contributed by atoms with van der Waals surface area (Å²) in [4.78, 5) is 12.5. The van der Waals surface area contributed by atoms with Crippen molar-refractivity contribution in [2.75, 3.05) is 6.26 Å². The van der Waals surface area contributed by atoms with Crippen LogP contribution >= 0.6 is 23.4 Å². The highest BCUT2D eigenvalue weighted by molar-refractivity contribution is 7.98. The molecule has 0 aromatic heterocycles. The van der Waals surface area contributed by atoms with Gasteiger partial charge in [-0.2, -0.15) is 0 Å². The highest BCUT2D eigenvalue weighted by Gasteiger charge is 2.16. The lowest BCUT2D eigenvalue weighted by molar-refractivity contribution is 0.108. The van der Waals surface area contributed by atoms with Gasteiger partial charge in [-0.1, -0.05) is 26.8 Å². The number of hydrogen-bond donors (Lipinski definition) is 0. The minimum atomic E-state index is -0.359. The van der Waals surface area contributed by atoms with Gasteiger partial charge in [0.05, 0.1) is 0 Å². The molecule has 1 nitrogen and oxygen atoms in total. The lowest BCUT2D eigenvalue weighted by atomic mass is 9.96. The van der Waals surface area contributed by atoms with Crippen molar-refractivity contribution in [3.8, 4) is 0 Å². The topological polar surface area (TPSA) is 17.1 Å². The van der Waals surface area contributed by atoms with E-state index in [1.807, 2.05) is 18.4 Å². The number of carbonyl (C=O) groups excluding carboxylic acids is 1. The van der Waals surface area contributed by atoms with Crippen molar-refractivity contribution in [1.82, 2.24) is 0 Å². The van der Waals surface area contributed by atoms with Crippen LogP contribution in [0.4, 0.5) is 0 Å². The molecule has 0 aliphatic heterocycles. The molecule has 0 radical (unpaired) electrons. The van der Waals surface area contributed by atoms with Crippen LogP contribution in [0, 0.1) is 0 Å². The standard InChI is InChI=1S/C13H17ClOS/c1-5-9-11(13(14)15)7-6-10(8(2)3)12(9)16-4/h6-8H,5H2,1-4H3. The number of hydrogen-bond acceptors (Lipinski definition) is 2. The molecule has 0 heterocycles. The third kappa shape index (κ3) is 2.61. The quantitative estimate of drug-likeness (QED) is 0.584. The van der Waals surface area contributed by atoms with E-state index in [0.717, 1.165) is 12.0 Å². The summed E-state index contributed by atoms with van der Waals surface area (Å²) in [5, 5.41) is -0.359. The molecule has 0 aliphatic carbocycles. The summed E-state index contributed by atoms with van der Waals surface area (Å²) in [6.45, 7) is 6.38. The maximum atomic E-state index is 11.3. The first-order chi connectivity index (χ1) is 7.52. The predicted octanol–water partition coefficient (Wildman–Crippen LogP) is 4.47. The second kappa shape index (κ2) is 5.74. The van der Waals surface area contributed by atoms with Crippen LogP contribution in [-0.2, 0) is 6.42 Å². The van der Waals surface area contributed by atoms with Crippen molar-refractivity contribution >= 4 is 28.6 Å². The molecule has 1 rings (SSSR count). The molecule has 0 atom stereocenters. The van der Waals surface area contributed by atoms with Crippen LogP contribution in [0.3, 0.4) is 0 Å². The second-order valence-electron chi connectivity index (χ2n) is 4.00. The Kier molecular flexibility index (Phi) is 4.88. The highest BCUT2D eigenvalue weighted by atomic mass is 35.5. The van der Waals surface area contributed by atoms with E-state index in [2.05, 4.69) is 20.8 Å². The maximum absolute atomic E-state index is 11.3. The van der Waals surface area contributed by atoms with Gasteiger partial charge < -0.3 is 0 Å². The van der Waals surface area contributed by atoms with Gasteiger partial charge in [-0.05, 0) is 47.4 Å². The molecule has 88 valence electrons. The minimum absolute atomic E-state index is 0.359. The monoisotopic (exact) mass is 256 g/mol. The number of thioether (sulfide) groups is 1. The Bertz CT molecular complexity index is 399. The number of benzene rings is 1. The summed E-state index contributed by atoms with van der Waals surface area (Å²) < 4.78 is 0. The molecule has 0 spiro atoms. The zero-order valence-electron chi connectivity index (χ0n) is 10.1. The normalized spacial score (nSPS) is 10.9. The predicted molar refractivity (Wildman–Crippen MR) is 71.9 cm³/mol. The average Bonchev–Trinajstić information content (AvgIpc) is 2.26. The van der Waals surface area contributed by atoms with E-state index < -0.39 is 0 Å². The Morgan fingerprint density at radius 1 is 1.44 bits per heavy atom. The molecule has 1 aromatic rings. The van der Waals surface area contributed by atoms with Crippen molar-refractivity contribution in [2.45, 2.75) is 38.0 Å². The van der Waals surface area contributed by atoms with Crippen molar-refractivity contribution in [2.24, 2.45) is 0 Å². The first-order valence-electron chi connectivity index (χ1n) is 5.42. The summed E-state index contributed by atoms with van der Waals surface area (Å²) in [5.74, 6) is 0.465. The van der Waals surface area contributed by atoms with Crippen molar-refractivity contribution in [3.05, 3.63) is 28.8 Å². The molecule has 0 saturated carbocycles. The first-order valence-corrected chi connectivity index (χ1v) is 7.02. The molecule has 0 amide bonds. The third-order valence-corrected chi connectivity index (χ3v) is 3.78. The molecule has 0 saturated heterocycles. The Morgan fingerprint density at radius 3 is 2.44 bits per heavy atom. The second-order valence-corrected chi connectivity index (χ2v) is 5.16. The van der Waals surface area contributed by atoms with E-state index in [9.17, 15) is 4.79 Å². The van der Waals surface area contributed by atoms with Crippen LogP contribution in [0.2, 0.25) is 0 Å². The Hall–Kier alpha value is -0.470. The molecule has 1 aromatic carbocycles. The highest BCUT2D eigenvalue weighted by Crippen LogP contribution is 2.33. The van der Waals surface area contributed by atoms with E-state index in [1.165, 1.54) is 10.5 Å². The Labute approximate surface area is 107 Å². The van der Waals surface area contributed by atoms with Crippen LogP contribution in [0.15, 0.2) is 17.0 Å². The number of carbonyl (C=O) groups is 1. The fraction of sp³-hybridized carbons (Fsp3) is 0.462. The van der Waals surface area contributed by atoms with Crippen LogP contribution in [-0.4, -0.2) is 11.5 Å². The van der Waals surface area contributed by atoms with Gasteiger partial charge >= 0.3 is 0 Å². The first kappa shape index (κ1) is 13.6. The average molecular weight is 257 g/mol. The molecule has 3 heteroatoms. The molecular formula is C13H17ClOS. The van der Waals surface area contributed by atoms with Crippen molar-refractivity contribution < 1.29 is 4.79 Å². The minimum Gasteiger partial charge on any atom is -0.276 e.